The van der Waals surface area contributed by atoms with Gasteiger partial charge in [0.2, 0.25) is 5.91 Å². The van der Waals surface area contributed by atoms with Crippen LogP contribution in [0.4, 0.5) is 0 Å². The Hall–Kier alpha value is -1.75. The summed E-state index contributed by atoms with van der Waals surface area (Å²) in [6.45, 7) is 2.45. The lowest BCUT2D eigenvalue weighted by atomic mass is 9.93. The molecule has 1 aliphatic carbocycles. The maximum absolute atomic E-state index is 12.6. The standard InChI is InChI=1S/C17H24N4O/c1-20(13-16-18-9-5-10-19-16)15-8-11-21(12-15)17(22)14-6-3-2-4-7-14/h2-3,5,9-10,14-15H,4,6-8,11-13H2,1H3. The third kappa shape index (κ3) is 3.53. The molecular weight excluding hydrogens is 276 g/mol. The van der Waals surface area contributed by atoms with Crippen LogP contribution in [0, 0.1) is 5.92 Å². The molecular formula is C17H24N4O. The Morgan fingerprint density at radius 1 is 1.32 bits per heavy atom. The van der Waals surface area contributed by atoms with Crippen LogP contribution in [0.2, 0.25) is 0 Å². The van der Waals surface area contributed by atoms with E-state index in [0.29, 0.717) is 11.9 Å². The summed E-state index contributed by atoms with van der Waals surface area (Å²) in [5, 5.41) is 0. The van der Waals surface area contributed by atoms with E-state index in [4.69, 9.17) is 0 Å². The molecule has 0 N–H and O–H groups in total. The van der Waals surface area contributed by atoms with Gasteiger partial charge in [-0.2, -0.15) is 0 Å². The Labute approximate surface area is 132 Å². The second-order valence-electron chi connectivity index (χ2n) is 6.29. The molecule has 22 heavy (non-hydrogen) atoms. The highest BCUT2D eigenvalue weighted by molar-refractivity contribution is 5.79. The third-order valence-electron chi connectivity index (χ3n) is 4.73. The van der Waals surface area contributed by atoms with E-state index < -0.39 is 0 Å². The Kier molecular flexibility index (Phi) is 4.83. The number of likely N-dealkylation sites (tertiary alicyclic amines) is 1. The molecule has 1 aliphatic heterocycles. The maximum atomic E-state index is 12.6. The van der Waals surface area contributed by atoms with Crippen LogP contribution >= 0.6 is 0 Å². The fourth-order valence-corrected chi connectivity index (χ4v) is 3.34. The molecule has 0 aromatic carbocycles. The predicted octanol–water partition coefficient (Wildman–Crippen LogP) is 1.87. The highest BCUT2D eigenvalue weighted by Crippen LogP contribution is 2.24. The first-order chi connectivity index (χ1) is 10.7. The van der Waals surface area contributed by atoms with Crippen LogP contribution in [0.1, 0.15) is 31.5 Å². The highest BCUT2D eigenvalue weighted by atomic mass is 16.2. The number of nitrogens with zero attached hydrogens (tertiary/aromatic N) is 4. The minimum Gasteiger partial charge on any atom is -0.341 e. The van der Waals surface area contributed by atoms with E-state index in [1.807, 2.05) is 6.07 Å². The van der Waals surface area contributed by atoms with Gasteiger partial charge in [0.15, 0.2) is 0 Å². The summed E-state index contributed by atoms with van der Waals surface area (Å²) in [4.78, 5) is 25.4. The Morgan fingerprint density at radius 3 is 2.86 bits per heavy atom. The van der Waals surface area contributed by atoms with Crippen molar-refractivity contribution in [1.29, 1.82) is 0 Å². The quantitative estimate of drug-likeness (QED) is 0.797. The summed E-state index contributed by atoms with van der Waals surface area (Å²) in [6.07, 6.45) is 11.9. The molecule has 0 radical (unpaired) electrons. The summed E-state index contributed by atoms with van der Waals surface area (Å²) >= 11 is 0. The number of amides is 1. The summed E-state index contributed by atoms with van der Waals surface area (Å²) in [7, 11) is 2.10. The van der Waals surface area contributed by atoms with Gasteiger partial charge in [0, 0.05) is 37.4 Å². The molecule has 0 spiro atoms. The molecule has 2 aliphatic rings. The molecule has 118 valence electrons. The van der Waals surface area contributed by atoms with Gasteiger partial charge in [-0.25, -0.2) is 9.97 Å². The van der Waals surface area contributed by atoms with Gasteiger partial charge in [-0.3, -0.25) is 9.69 Å². The van der Waals surface area contributed by atoms with Gasteiger partial charge in [-0.1, -0.05) is 12.2 Å². The zero-order valence-electron chi connectivity index (χ0n) is 13.2. The van der Waals surface area contributed by atoms with Crippen molar-refractivity contribution >= 4 is 5.91 Å². The Morgan fingerprint density at radius 2 is 2.14 bits per heavy atom. The van der Waals surface area contributed by atoms with E-state index in [1.54, 1.807) is 12.4 Å². The smallest absolute Gasteiger partial charge is 0.226 e. The molecule has 1 aromatic heterocycles. The first kappa shape index (κ1) is 15.2. The van der Waals surface area contributed by atoms with Gasteiger partial charge in [0.25, 0.3) is 0 Å². The average Bonchev–Trinajstić information content (AvgIpc) is 3.06. The van der Waals surface area contributed by atoms with Crippen LogP contribution in [-0.4, -0.2) is 51.9 Å². The van der Waals surface area contributed by atoms with Gasteiger partial charge >= 0.3 is 0 Å². The van der Waals surface area contributed by atoms with Gasteiger partial charge in [-0.05, 0) is 38.8 Å². The first-order valence-corrected chi connectivity index (χ1v) is 8.14. The molecule has 2 unspecified atom stereocenters. The van der Waals surface area contributed by atoms with Crippen molar-refractivity contribution in [2.45, 2.75) is 38.3 Å². The summed E-state index contributed by atoms with van der Waals surface area (Å²) in [6, 6.07) is 2.24. The minimum absolute atomic E-state index is 0.200. The second kappa shape index (κ2) is 7.01. The molecule has 1 saturated heterocycles. The van der Waals surface area contributed by atoms with Gasteiger partial charge in [0.05, 0.1) is 6.54 Å². The summed E-state index contributed by atoms with van der Waals surface area (Å²) in [5.41, 5.74) is 0. The lowest BCUT2D eigenvalue weighted by Gasteiger charge is -2.26. The van der Waals surface area contributed by atoms with E-state index >= 15 is 0 Å². The number of carbonyl (C=O) groups excluding carboxylic acids is 1. The number of rotatable bonds is 4. The van der Waals surface area contributed by atoms with Crippen molar-refractivity contribution in [2.24, 2.45) is 5.92 Å². The van der Waals surface area contributed by atoms with E-state index in [-0.39, 0.29) is 5.92 Å². The van der Waals surface area contributed by atoms with Gasteiger partial charge < -0.3 is 4.90 Å². The van der Waals surface area contributed by atoms with Crippen LogP contribution in [-0.2, 0) is 11.3 Å². The summed E-state index contributed by atoms with van der Waals surface area (Å²) < 4.78 is 0. The number of hydrogen-bond donors (Lipinski definition) is 0. The molecule has 1 aromatic rings. The fourth-order valence-electron chi connectivity index (χ4n) is 3.34. The highest BCUT2D eigenvalue weighted by Gasteiger charge is 2.32. The maximum Gasteiger partial charge on any atom is 0.226 e. The van der Waals surface area contributed by atoms with Crippen LogP contribution in [0.25, 0.3) is 0 Å². The van der Waals surface area contributed by atoms with Crippen molar-refractivity contribution in [2.75, 3.05) is 20.1 Å². The molecule has 1 amide bonds. The number of allylic oxidation sites excluding steroid dienone is 2. The topological polar surface area (TPSA) is 49.3 Å². The van der Waals surface area contributed by atoms with Crippen LogP contribution < -0.4 is 0 Å². The van der Waals surface area contributed by atoms with Crippen LogP contribution in [0.15, 0.2) is 30.6 Å². The van der Waals surface area contributed by atoms with E-state index in [9.17, 15) is 4.79 Å². The third-order valence-corrected chi connectivity index (χ3v) is 4.73. The zero-order valence-corrected chi connectivity index (χ0v) is 13.2. The van der Waals surface area contributed by atoms with Crippen LogP contribution in [0.3, 0.4) is 0 Å². The second-order valence-corrected chi connectivity index (χ2v) is 6.29. The molecule has 2 atom stereocenters. The molecule has 0 saturated carbocycles. The van der Waals surface area contributed by atoms with E-state index in [1.165, 1.54) is 0 Å². The monoisotopic (exact) mass is 300 g/mol. The number of aromatic nitrogens is 2. The average molecular weight is 300 g/mol. The molecule has 5 nitrogen and oxygen atoms in total. The summed E-state index contributed by atoms with van der Waals surface area (Å²) in [5.74, 6) is 1.38. The Bertz CT molecular complexity index is 531. The molecule has 3 rings (SSSR count). The zero-order chi connectivity index (χ0) is 15.4. The van der Waals surface area contributed by atoms with E-state index in [0.717, 1.165) is 51.1 Å². The number of likely N-dealkylation sites (N-methyl/N-ethyl adjacent to an activating group) is 1. The van der Waals surface area contributed by atoms with Crippen molar-refractivity contribution in [3.8, 4) is 0 Å². The minimum atomic E-state index is 0.200. The molecule has 0 bridgehead atoms. The lowest BCUT2D eigenvalue weighted by molar-refractivity contribution is -0.134. The largest absolute Gasteiger partial charge is 0.341 e. The van der Waals surface area contributed by atoms with Crippen molar-refractivity contribution < 1.29 is 4.79 Å². The lowest BCUT2D eigenvalue weighted by Crippen LogP contribution is -2.39. The SMILES string of the molecule is CN(Cc1ncccn1)C1CCN(C(=O)C2CC=CCC2)C1. The van der Waals surface area contributed by atoms with Gasteiger partial charge in [0.1, 0.15) is 5.82 Å². The predicted molar refractivity (Wildman–Crippen MR) is 85.0 cm³/mol. The van der Waals surface area contributed by atoms with Gasteiger partial charge in [-0.15, -0.1) is 0 Å². The van der Waals surface area contributed by atoms with Crippen molar-refractivity contribution in [3.63, 3.8) is 0 Å². The fraction of sp³-hybridized carbons (Fsp3) is 0.588. The Balaban J connectivity index is 1.53. The number of hydrogen-bond acceptors (Lipinski definition) is 4. The number of carbonyl (C=O) groups is 1. The van der Waals surface area contributed by atoms with Crippen LogP contribution in [0.5, 0.6) is 0 Å². The van der Waals surface area contributed by atoms with E-state index in [2.05, 4.69) is 39.0 Å². The normalized spacial score (nSPS) is 24.9. The first-order valence-electron chi connectivity index (χ1n) is 8.14. The molecule has 1 fully saturated rings. The molecule has 2 heterocycles. The molecule has 5 heteroatoms. The van der Waals surface area contributed by atoms with Crippen molar-refractivity contribution in [3.05, 3.63) is 36.4 Å². The van der Waals surface area contributed by atoms with Crippen molar-refractivity contribution in [1.82, 2.24) is 19.8 Å².